The fourth-order valence-corrected chi connectivity index (χ4v) is 3.14. The molecule has 0 spiro atoms. The number of amides is 2. The minimum atomic E-state index is -0.634. The van der Waals surface area contributed by atoms with Gasteiger partial charge in [-0.15, -0.1) is 5.10 Å². The van der Waals surface area contributed by atoms with Gasteiger partial charge in [-0.1, -0.05) is 55.9 Å². The molecule has 5 nitrogen and oxygen atoms in total. The Morgan fingerprint density at radius 3 is 2.24 bits per heavy atom. The second-order valence-electron chi connectivity index (χ2n) is 4.37. The van der Waals surface area contributed by atoms with Crippen molar-refractivity contribution in [3.8, 4) is 0 Å². The van der Waals surface area contributed by atoms with E-state index in [0.717, 1.165) is 5.56 Å². The van der Waals surface area contributed by atoms with Crippen LogP contribution in [0.2, 0.25) is 0 Å². The van der Waals surface area contributed by atoms with Crippen molar-refractivity contribution >= 4 is 28.7 Å². The Hall–Kier alpha value is -1.82. The average Bonchev–Trinajstić information content (AvgIpc) is 2.79. The lowest BCUT2D eigenvalue weighted by molar-refractivity contribution is -0.131. The number of benzene rings is 1. The van der Waals surface area contributed by atoms with Gasteiger partial charge in [-0.2, -0.15) is 0 Å². The van der Waals surface area contributed by atoms with Gasteiger partial charge >= 0.3 is 0 Å². The quantitative estimate of drug-likeness (QED) is 0.868. The van der Waals surface area contributed by atoms with E-state index in [1.54, 1.807) is 0 Å². The van der Waals surface area contributed by atoms with Crippen LogP contribution in [0.5, 0.6) is 0 Å². The summed E-state index contributed by atoms with van der Waals surface area (Å²) in [5.74, 6) is -0.369. The van der Waals surface area contributed by atoms with E-state index < -0.39 is 4.87 Å². The molecule has 0 radical (unpaired) electrons. The minimum absolute atomic E-state index is 0.167. The van der Waals surface area contributed by atoms with E-state index in [-0.39, 0.29) is 11.8 Å². The van der Waals surface area contributed by atoms with Crippen molar-refractivity contribution in [1.82, 2.24) is 10.3 Å². The minimum Gasteiger partial charge on any atom is -0.304 e. The summed E-state index contributed by atoms with van der Waals surface area (Å²) < 4.78 is 0. The van der Waals surface area contributed by atoms with Gasteiger partial charge < -0.3 is 5.32 Å². The van der Waals surface area contributed by atoms with Crippen LogP contribution in [0.3, 0.4) is 0 Å². The molecule has 2 amide bonds. The second-order valence-corrected chi connectivity index (χ2v) is 5.75. The van der Waals surface area contributed by atoms with Gasteiger partial charge in [0, 0.05) is 13.8 Å². The largest absolute Gasteiger partial charge is 0.304 e. The Balaban J connectivity index is 0.00000106. The molecule has 1 heterocycles. The molecule has 6 heteroatoms. The number of amidine groups is 1. The predicted octanol–water partition coefficient (Wildman–Crippen LogP) is 2.89. The Labute approximate surface area is 129 Å². The Kier molecular flexibility index (Phi) is 5.96. The van der Waals surface area contributed by atoms with E-state index in [0.29, 0.717) is 5.17 Å². The van der Waals surface area contributed by atoms with Gasteiger partial charge in [-0.3, -0.25) is 9.59 Å². The lowest BCUT2D eigenvalue weighted by atomic mass is 10.1. The molecule has 1 aromatic rings. The molecule has 1 aliphatic rings. The smallest absolute Gasteiger partial charge is 0.241 e. The number of thioether (sulfide) groups is 1. The normalized spacial score (nSPS) is 20.2. The van der Waals surface area contributed by atoms with Crippen molar-refractivity contribution in [3.63, 3.8) is 0 Å². The summed E-state index contributed by atoms with van der Waals surface area (Å²) >= 11 is 1.35. The number of hydrogen-bond donors (Lipinski definition) is 1. The molecular formula is C15H21N3O2S. The molecule has 1 aliphatic heterocycles. The SMILES string of the molecule is CC.CC(=O)NC1=NN(C(C)=O)C(C)(c2ccccc2)S1. The molecular weight excluding hydrogens is 286 g/mol. The van der Waals surface area contributed by atoms with Gasteiger partial charge in [-0.25, -0.2) is 5.01 Å². The molecule has 21 heavy (non-hydrogen) atoms. The number of hydrazone groups is 1. The first kappa shape index (κ1) is 17.2. The first-order valence-electron chi connectivity index (χ1n) is 6.85. The molecule has 1 atom stereocenters. The third-order valence-electron chi connectivity index (χ3n) is 2.78. The van der Waals surface area contributed by atoms with Crippen molar-refractivity contribution in [3.05, 3.63) is 35.9 Å². The highest BCUT2D eigenvalue weighted by atomic mass is 32.2. The highest BCUT2D eigenvalue weighted by molar-refractivity contribution is 8.14. The maximum atomic E-state index is 11.8. The topological polar surface area (TPSA) is 61.8 Å². The van der Waals surface area contributed by atoms with Crippen LogP contribution >= 0.6 is 11.8 Å². The summed E-state index contributed by atoms with van der Waals surface area (Å²) in [6.07, 6.45) is 0. The summed E-state index contributed by atoms with van der Waals surface area (Å²) in [5, 5.41) is 8.66. The molecule has 0 bridgehead atoms. The maximum absolute atomic E-state index is 11.8. The zero-order valence-corrected chi connectivity index (χ0v) is 13.8. The van der Waals surface area contributed by atoms with Gasteiger partial charge in [0.2, 0.25) is 11.8 Å². The summed E-state index contributed by atoms with van der Waals surface area (Å²) in [4.78, 5) is 22.2. The van der Waals surface area contributed by atoms with Crippen LogP contribution < -0.4 is 5.32 Å². The summed E-state index contributed by atoms with van der Waals surface area (Å²) in [6, 6.07) is 9.62. The average molecular weight is 307 g/mol. The van der Waals surface area contributed by atoms with E-state index >= 15 is 0 Å². The molecule has 1 N–H and O–H groups in total. The molecule has 0 saturated heterocycles. The van der Waals surface area contributed by atoms with Crippen molar-refractivity contribution in [2.75, 3.05) is 0 Å². The lowest BCUT2D eigenvalue weighted by Crippen LogP contribution is -2.37. The monoisotopic (exact) mass is 307 g/mol. The van der Waals surface area contributed by atoms with Crippen LogP contribution in [0.25, 0.3) is 0 Å². The van der Waals surface area contributed by atoms with Crippen LogP contribution in [0, 0.1) is 0 Å². The molecule has 1 unspecified atom stereocenters. The first-order valence-corrected chi connectivity index (χ1v) is 7.66. The third-order valence-corrected chi connectivity index (χ3v) is 3.96. The van der Waals surface area contributed by atoms with Crippen LogP contribution in [-0.4, -0.2) is 22.0 Å². The zero-order chi connectivity index (χ0) is 16.0. The van der Waals surface area contributed by atoms with Gasteiger partial charge in [0.05, 0.1) is 0 Å². The molecule has 0 aromatic heterocycles. The van der Waals surface area contributed by atoms with Gasteiger partial charge in [-0.05, 0) is 12.5 Å². The van der Waals surface area contributed by atoms with Gasteiger partial charge in [0.25, 0.3) is 0 Å². The number of carbonyl (C=O) groups excluding carboxylic acids is 2. The zero-order valence-electron chi connectivity index (χ0n) is 13.0. The van der Waals surface area contributed by atoms with Crippen LogP contribution in [0.1, 0.15) is 40.2 Å². The molecule has 2 rings (SSSR count). The Bertz CT molecular complexity index is 545. The third kappa shape index (κ3) is 3.85. The number of rotatable bonds is 1. The van der Waals surface area contributed by atoms with E-state index in [2.05, 4.69) is 10.4 Å². The number of nitrogens with zero attached hydrogens (tertiary/aromatic N) is 2. The van der Waals surface area contributed by atoms with Crippen LogP contribution in [0.15, 0.2) is 35.4 Å². The van der Waals surface area contributed by atoms with E-state index in [4.69, 9.17) is 0 Å². The number of carbonyl (C=O) groups is 2. The second kappa shape index (κ2) is 7.26. The fraction of sp³-hybridized carbons (Fsp3) is 0.400. The Morgan fingerprint density at radius 1 is 1.19 bits per heavy atom. The molecule has 0 fully saturated rings. The first-order chi connectivity index (χ1) is 9.93. The molecule has 1 aromatic carbocycles. The van der Waals surface area contributed by atoms with Crippen molar-refractivity contribution < 1.29 is 9.59 Å². The fourth-order valence-electron chi connectivity index (χ4n) is 1.94. The van der Waals surface area contributed by atoms with Gasteiger partial charge in [0.15, 0.2) is 5.17 Å². The van der Waals surface area contributed by atoms with Crippen molar-refractivity contribution in [2.24, 2.45) is 5.10 Å². The maximum Gasteiger partial charge on any atom is 0.241 e. The Morgan fingerprint density at radius 2 is 1.76 bits per heavy atom. The number of hydrogen-bond acceptors (Lipinski definition) is 4. The standard InChI is InChI=1S/C13H15N3O2S.C2H6/c1-9(17)14-12-15-16(10(2)18)13(3,19-12)11-7-5-4-6-8-11;1-2/h4-8H,1-3H3,(H,14,15,17);1-2H3. The summed E-state index contributed by atoms with van der Waals surface area (Å²) in [6.45, 7) is 8.79. The summed E-state index contributed by atoms with van der Waals surface area (Å²) in [7, 11) is 0. The van der Waals surface area contributed by atoms with E-state index in [9.17, 15) is 9.59 Å². The molecule has 114 valence electrons. The van der Waals surface area contributed by atoms with E-state index in [1.807, 2.05) is 51.1 Å². The summed E-state index contributed by atoms with van der Waals surface area (Å²) in [5.41, 5.74) is 0.958. The lowest BCUT2D eigenvalue weighted by Gasteiger charge is -2.30. The van der Waals surface area contributed by atoms with E-state index in [1.165, 1.54) is 30.6 Å². The van der Waals surface area contributed by atoms with Crippen LogP contribution in [-0.2, 0) is 14.5 Å². The predicted molar refractivity (Wildman–Crippen MR) is 86.5 cm³/mol. The van der Waals surface area contributed by atoms with Crippen LogP contribution in [0.4, 0.5) is 0 Å². The van der Waals surface area contributed by atoms with Crippen molar-refractivity contribution in [2.45, 2.75) is 39.5 Å². The molecule has 0 aliphatic carbocycles. The molecule has 0 saturated carbocycles. The van der Waals surface area contributed by atoms with Crippen molar-refractivity contribution in [1.29, 1.82) is 0 Å². The van der Waals surface area contributed by atoms with Gasteiger partial charge in [0.1, 0.15) is 4.87 Å². The highest BCUT2D eigenvalue weighted by Gasteiger charge is 2.43. The number of nitrogens with one attached hydrogen (secondary N) is 1. The highest BCUT2D eigenvalue weighted by Crippen LogP contribution is 2.44.